The third-order valence-electron chi connectivity index (χ3n) is 6.34. The number of H-pyrrole nitrogens is 1. The second kappa shape index (κ2) is 6.90. The Morgan fingerprint density at radius 2 is 2.00 bits per heavy atom. The van der Waals surface area contributed by atoms with Gasteiger partial charge < -0.3 is 14.4 Å². The van der Waals surface area contributed by atoms with Gasteiger partial charge in [-0.15, -0.1) is 0 Å². The minimum atomic E-state index is -0.146. The SMILES string of the molecule is COc1ccc(-c2[nH]ncc2C(=O)N2CC3(CC(N4CCCC4)CO3)C2)cc1. The topological polar surface area (TPSA) is 70.7 Å². The maximum Gasteiger partial charge on any atom is 0.257 e. The van der Waals surface area contributed by atoms with Gasteiger partial charge in [0.2, 0.25) is 0 Å². The highest BCUT2D eigenvalue weighted by atomic mass is 16.5. The fourth-order valence-corrected chi connectivity index (χ4v) is 4.77. The Balaban J connectivity index is 1.26. The summed E-state index contributed by atoms with van der Waals surface area (Å²) in [5.41, 5.74) is 2.13. The van der Waals surface area contributed by atoms with Gasteiger partial charge in [0.25, 0.3) is 5.91 Å². The number of nitrogens with one attached hydrogen (secondary N) is 1. The van der Waals surface area contributed by atoms with Crippen molar-refractivity contribution in [3.8, 4) is 17.0 Å². The van der Waals surface area contributed by atoms with E-state index < -0.39 is 0 Å². The predicted octanol–water partition coefficient (Wildman–Crippen LogP) is 2.16. The number of hydrogen-bond acceptors (Lipinski definition) is 5. The number of hydrogen-bond donors (Lipinski definition) is 1. The Hall–Kier alpha value is -2.38. The molecule has 4 heterocycles. The lowest BCUT2D eigenvalue weighted by atomic mass is 9.88. The van der Waals surface area contributed by atoms with E-state index in [0.717, 1.165) is 30.0 Å². The summed E-state index contributed by atoms with van der Waals surface area (Å²) < 4.78 is 11.4. The highest BCUT2D eigenvalue weighted by molar-refractivity contribution is 6.00. The predicted molar refractivity (Wildman–Crippen MR) is 104 cm³/mol. The van der Waals surface area contributed by atoms with Gasteiger partial charge in [-0.2, -0.15) is 5.10 Å². The number of aromatic amines is 1. The number of ether oxygens (including phenoxy) is 2. The zero-order valence-corrected chi connectivity index (χ0v) is 16.2. The van der Waals surface area contributed by atoms with Crippen LogP contribution in [0.15, 0.2) is 30.5 Å². The van der Waals surface area contributed by atoms with Crippen LogP contribution in [0.2, 0.25) is 0 Å². The molecule has 1 spiro atoms. The van der Waals surface area contributed by atoms with Crippen LogP contribution in [0.4, 0.5) is 0 Å². The van der Waals surface area contributed by atoms with Crippen molar-refractivity contribution in [3.05, 3.63) is 36.0 Å². The third-order valence-corrected chi connectivity index (χ3v) is 6.34. The van der Waals surface area contributed by atoms with E-state index in [2.05, 4.69) is 15.1 Å². The number of rotatable bonds is 4. The van der Waals surface area contributed by atoms with Crippen molar-refractivity contribution in [1.82, 2.24) is 20.0 Å². The van der Waals surface area contributed by atoms with Crippen LogP contribution in [0.1, 0.15) is 29.6 Å². The molecule has 3 saturated heterocycles. The summed E-state index contributed by atoms with van der Waals surface area (Å²) in [6.07, 6.45) is 5.24. The molecule has 0 aliphatic carbocycles. The number of methoxy groups -OCH3 is 1. The minimum absolute atomic E-state index is 0.0124. The molecule has 1 N–H and O–H groups in total. The van der Waals surface area contributed by atoms with Crippen molar-refractivity contribution >= 4 is 5.91 Å². The fraction of sp³-hybridized carbons (Fsp3) is 0.524. The van der Waals surface area contributed by atoms with Crippen LogP contribution >= 0.6 is 0 Å². The first-order chi connectivity index (χ1) is 13.7. The maximum atomic E-state index is 13.1. The second-order valence-electron chi connectivity index (χ2n) is 8.14. The molecule has 3 aliphatic heterocycles. The zero-order chi connectivity index (χ0) is 19.1. The van der Waals surface area contributed by atoms with Gasteiger partial charge in [-0.3, -0.25) is 14.8 Å². The number of aromatic nitrogens is 2. The average molecular weight is 382 g/mol. The summed E-state index contributed by atoms with van der Waals surface area (Å²) in [5.74, 6) is 0.796. The molecule has 7 heteroatoms. The van der Waals surface area contributed by atoms with E-state index in [1.165, 1.54) is 25.9 Å². The average Bonchev–Trinajstić information content (AvgIpc) is 3.46. The minimum Gasteiger partial charge on any atom is -0.497 e. The summed E-state index contributed by atoms with van der Waals surface area (Å²) >= 11 is 0. The molecule has 28 heavy (non-hydrogen) atoms. The van der Waals surface area contributed by atoms with E-state index in [1.54, 1.807) is 13.3 Å². The number of benzene rings is 1. The van der Waals surface area contributed by atoms with Crippen LogP contribution in [0, 0.1) is 0 Å². The van der Waals surface area contributed by atoms with Gasteiger partial charge in [-0.05, 0) is 56.6 Å². The lowest BCUT2D eigenvalue weighted by molar-refractivity contribution is -0.0950. The van der Waals surface area contributed by atoms with Gasteiger partial charge in [0, 0.05) is 11.6 Å². The van der Waals surface area contributed by atoms with E-state index in [-0.39, 0.29) is 11.5 Å². The van der Waals surface area contributed by atoms with Gasteiger partial charge in [-0.1, -0.05) is 0 Å². The van der Waals surface area contributed by atoms with Crippen LogP contribution < -0.4 is 4.74 Å². The van der Waals surface area contributed by atoms with Crippen molar-refractivity contribution in [2.75, 3.05) is 39.9 Å². The molecule has 2 aromatic rings. The lowest BCUT2D eigenvalue weighted by Crippen LogP contribution is -2.63. The van der Waals surface area contributed by atoms with Gasteiger partial charge >= 0.3 is 0 Å². The molecule has 1 aromatic carbocycles. The molecular weight excluding hydrogens is 356 g/mol. The Morgan fingerprint density at radius 3 is 2.71 bits per heavy atom. The molecule has 3 aliphatic rings. The summed E-state index contributed by atoms with van der Waals surface area (Å²) in [4.78, 5) is 17.5. The molecule has 1 atom stereocenters. The Labute approximate surface area is 164 Å². The summed E-state index contributed by atoms with van der Waals surface area (Å²) in [5, 5.41) is 7.09. The van der Waals surface area contributed by atoms with Gasteiger partial charge in [0.05, 0.1) is 44.3 Å². The largest absolute Gasteiger partial charge is 0.497 e. The third kappa shape index (κ3) is 2.99. The molecule has 1 aromatic heterocycles. The van der Waals surface area contributed by atoms with Crippen molar-refractivity contribution in [1.29, 1.82) is 0 Å². The van der Waals surface area contributed by atoms with Gasteiger partial charge in [0.15, 0.2) is 0 Å². The van der Waals surface area contributed by atoms with Crippen molar-refractivity contribution in [2.45, 2.75) is 30.9 Å². The number of carbonyl (C=O) groups is 1. The molecule has 148 valence electrons. The highest BCUT2D eigenvalue weighted by Crippen LogP contribution is 2.39. The molecule has 0 saturated carbocycles. The molecule has 7 nitrogen and oxygen atoms in total. The van der Waals surface area contributed by atoms with Crippen LogP contribution in [0.25, 0.3) is 11.3 Å². The quantitative estimate of drug-likeness (QED) is 0.878. The van der Waals surface area contributed by atoms with Crippen LogP contribution in [-0.2, 0) is 4.74 Å². The van der Waals surface area contributed by atoms with Crippen molar-refractivity contribution in [3.63, 3.8) is 0 Å². The normalized spacial score (nSPS) is 23.9. The smallest absolute Gasteiger partial charge is 0.257 e. The summed E-state index contributed by atoms with van der Waals surface area (Å²) in [6.45, 7) is 4.51. The maximum absolute atomic E-state index is 13.1. The van der Waals surface area contributed by atoms with E-state index in [9.17, 15) is 4.79 Å². The van der Waals surface area contributed by atoms with Crippen molar-refractivity contribution < 1.29 is 14.3 Å². The first-order valence-electron chi connectivity index (χ1n) is 10.0. The summed E-state index contributed by atoms with van der Waals surface area (Å²) in [7, 11) is 1.64. The first-order valence-corrected chi connectivity index (χ1v) is 10.0. The monoisotopic (exact) mass is 382 g/mol. The second-order valence-corrected chi connectivity index (χ2v) is 8.14. The molecule has 1 unspecified atom stereocenters. The molecular formula is C21H26N4O3. The van der Waals surface area contributed by atoms with E-state index >= 15 is 0 Å². The zero-order valence-electron chi connectivity index (χ0n) is 16.2. The summed E-state index contributed by atoms with van der Waals surface area (Å²) in [6, 6.07) is 8.15. The number of likely N-dealkylation sites (tertiary alicyclic amines) is 2. The van der Waals surface area contributed by atoms with Crippen LogP contribution in [-0.4, -0.2) is 77.4 Å². The Bertz CT molecular complexity index is 851. The van der Waals surface area contributed by atoms with E-state index in [4.69, 9.17) is 9.47 Å². The van der Waals surface area contributed by atoms with Crippen molar-refractivity contribution in [2.24, 2.45) is 0 Å². The van der Waals surface area contributed by atoms with E-state index in [0.29, 0.717) is 24.7 Å². The Morgan fingerprint density at radius 1 is 1.25 bits per heavy atom. The Kier molecular flexibility index (Phi) is 4.36. The molecule has 0 radical (unpaired) electrons. The number of amides is 1. The highest BCUT2D eigenvalue weighted by Gasteiger charge is 2.52. The molecule has 1 amide bonds. The van der Waals surface area contributed by atoms with Gasteiger partial charge in [0.1, 0.15) is 11.4 Å². The van der Waals surface area contributed by atoms with Crippen LogP contribution in [0.3, 0.4) is 0 Å². The standard InChI is InChI=1S/C21H26N4O3/c1-27-17-6-4-15(5-7-17)19-18(11-22-23-19)20(26)25-13-21(14-25)10-16(12-28-21)24-8-2-3-9-24/h4-7,11,16H,2-3,8-10,12-14H2,1H3,(H,22,23). The number of nitrogens with zero attached hydrogens (tertiary/aromatic N) is 3. The molecule has 5 rings (SSSR count). The first kappa shape index (κ1) is 17.7. The fourth-order valence-electron chi connectivity index (χ4n) is 4.77. The molecule has 3 fully saturated rings. The van der Waals surface area contributed by atoms with E-state index in [1.807, 2.05) is 29.2 Å². The molecule has 0 bridgehead atoms. The number of carbonyl (C=O) groups excluding carboxylic acids is 1. The van der Waals surface area contributed by atoms with Crippen LogP contribution in [0.5, 0.6) is 5.75 Å². The van der Waals surface area contributed by atoms with Gasteiger partial charge in [-0.25, -0.2) is 0 Å². The lowest BCUT2D eigenvalue weighted by Gasteiger charge is -2.47.